The third kappa shape index (κ3) is 5.03. The van der Waals surface area contributed by atoms with Crippen molar-refractivity contribution in [2.75, 3.05) is 12.4 Å². The summed E-state index contributed by atoms with van der Waals surface area (Å²) in [5.41, 5.74) is 5.39. The van der Waals surface area contributed by atoms with E-state index in [0.29, 0.717) is 22.6 Å². The van der Waals surface area contributed by atoms with E-state index < -0.39 is 18.0 Å². The molecule has 4 aromatic rings. The van der Waals surface area contributed by atoms with Gasteiger partial charge in [0.15, 0.2) is 6.10 Å². The minimum atomic E-state index is -0.953. The number of rotatable bonds is 6. The van der Waals surface area contributed by atoms with E-state index >= 15 is 0 Å². The van der Waals surface area contributed by atoms with Crippen LogP contribution in [0.4, 0.5) is 5.69 Å². The van der Waals surface area contributed by atoms with Crippen molar-refractivity contribution in [1.29, 1.82) is 0 Å². The van der Waals surface area contributed by atoms with Crippen molar-refractivity contribution in [2.45, 2.75) is 26.9 Å². The zero-order valence-corrected chi connectivity index (χ0v) is 18.9. The Morgan fingerprint density at radius 1 is 0.970 bits per heavy atom. The first-order chi connectivity index (χ1) is 15.8. The lowest BCUT2D eigenvalue weighted by Crippen LogP contribution is -2.30. The van der Waals surface area contributed by atoms with E-state index in [9.17, 15) is 9.59 Å². The summed E-state index contributed by atoms with van der Waals surface area (Å²) < 4.78 is 10.6. The number of nitrogens with zero attached hydrogens (tertiary/aromatic N) is 1. The highest BCUT2D eigenvalue weighted by Crippen LogP contribution is 2.24. The molecule has 1 unspecified atom stereocenters. The molecular weight excluding hydrogens is 418 g/mol. The van der Waals surface area contributed by atoms with E-state index in [1.807, 2.05) is 56.3 Å². The Hall–Kier alpha value is -4.13. The van der Waals surface area contributed by atoms with Gasteiger partial charge in [0.1, 0.15) is 11.6 Å². The number of benzene rings is 3. The van der Waals surface area contributed by atoms with Gasteiger partial charge in [0.2, 0.25) is 0 Å². The van der Waals surface area contributed by atoms with Gasteiger partial charge >= 0.3 is 5.97 Å². The van der Waals surface area contributed by atoms with Gasteiger partial charge in [-0.3, -0.25) is 4.79 Å². The number of nitrogens with one attached hydrogen (secondary N) is 2. The molecule has 7 nitrogen and oxygen atoms in total. The van der Waals surface area contributed by atoms with Gasteiger partial charge in [0.05, 0.1) is 23.7 Å². The summed E-state index contributed by atoms with van der Waals surface area (Å²) >= 11 is 0. The van der Waals surface area contributed by atoms with E-state index in [4.69, 9.17) is 9.47 Å². The molecular formula is C26H25N3O4. The summed E-state index contributed by atoms with van der Waals surface area (Å²) in [6.45, 7) is 5.46. The molecule has 7 heteroatoms. The lowest BCUT2D eigenvalue weighted by molar-refractivity contribution is -0.123. The fourth-order valence-electron chi connectivity index (χ4n) is 3.60. The minimum Gasteiger partial charge on any atom is -0.497 e. The Morgan fingerprint density at radius 2 is 1.67 bits per heavy atom. The highest BCUT2D eigenvalue weighted by Gasteiger charge is 2.20. The van der Waals surface area contributed by atoms with Crippen molar-refractivity contribution >= 4 is 28.6 Å². The van der Waals surface area contributed by atoms with Gasteiger partial charge in [-0.2, -0.15) is 0 Å². The highest BCUT2D eigenvalue weighted by atomic mass is 16.5. The number of aryl methyl sites for hydroxylation is 2. The zero-order chi connectivity index (χ0) is 23.5. The Balaban J connectivity index is 1.46. The predicted molar refractivity (Wildman–Crippen MR) is 128 cm³/mol. The molecule has 2 N–H and O–H groups in total. The molecule has 0 bridgehead atoms. The van der Waals surface area contributed by atoms with Crippen molar-refractivity contribution < 1.29 is 19.1 Å². The number of ether oxygens (including phenoxy) is 2. The smallest absolute Gasteiger partial charge is 0.338 e. The maximum atomic E-state index is 12.7. The number of amides is 1. The molecule has 0 radical (unpaired) electrons. The molecule has 1 aromatic heterocycles. The summed E-state index contributed by atoms with van der Waals surface area (Å²) in [5, 5.41) is 2.80. The molecule has 0 fully saturated rings. The normalized spacial score (nSPS) is 11.8. The number of anilines is 1. The van der Waals surface area contributed by atoms with E-state index in [2.05, 4.69) is 15.3 Å². The van der Waals surface area contributed by atoms with Crippen molar-refractivity contribution in [3.8, 4) is 17.1 Å². The molecule has 4 rings (SSSR count). The quantitative estimate of drug-likeness (QED) is 0.407. The number of imidazole rings is 1. The molecule has 1 amide bonds. The van der Waals surface area contributed by atoms with Gasteiger partial charge in [-0.05, 0) is 86.5 Å². The summed E-state index contributed by atoms with van der Waals surface area (Å²) in [4.78, 5) is 33.0. The summed E-state index contributed by atoms with van der Waals surface area (Å²) in [5.74, 6) is 0.466. The topological polar surface area (TPSA) is 93.3 Å². The van der Waals surface area contributed by atoms with Crippen LogP contribution >= 0.6 is 0 Å². The van der Waals surface area contributed by atoms with Crippen LogP contribution in [-0.2, 0) is 9.53 Å². The van der Waals surface area contributed by atoms with E-state index in [1.165, 1.54) is 0 Å². The van der Waals surface area contributed by atoms with Crippen LogP contribution in [0.5, 0.6) is 5.75 Å². The van der Waals surface area contributed by atoms with Crippen molar-refractivity contribution in [1.82, 2.24) is 9.97 Å². The average Bonchev–Trinajstić information content (AvgIpc) is 3.21. The van der Waals surface area contributed by atoms with E-state index in [0.717, 1.165) is 28.0 Å². The van der Waals surface area contributed by atoms with E-state index in [-0.39, 0.29) is 0 Å². The molecule has 33 heavy (non-hydrogen) atoms. The Labute approximate surface area is 191 Å². The molecule has 0 saturated carbocycles. The van der Waals surface area contributed by atoms with Crippen LogP contribution in [0.25, 0.3) is 22.4 Å². The Bertz CT molecular complexity index is 1310. The van der Waals surface area contributed by atoms with Gasteiger partial charge in [-0.25, -0.2) is 9.78 Å². The van der Waals surface area contributed by atoms with Crippen molar-refractivity contribution in [2.24, 2.45) is 0 Å². The molecule has 0 aliphatic heterocycles. The second-order valence-electron chi connectivity index (χ2n) is 7.96. The summed E-state index contributed by atoms with van der Waals surface area (Å²) in [7, 11) is 1.62. The number of aromatic nitrogens is 2. The first-order valence-corrected chi connectivity index (χ1v) is 10.6. The van der Waals surface area contributed by atoms with Crippen molar-refractivity contribution in [3.63, 3.8) is 0 Å². The minimum absolute atomic E-state index is 0.332. The largest absolute Gasteiger partial charge is 0.497 e. The van der Waals surface area contributed by atoms with Crippen LogP contribution in [0.3, 0.4) is 0 Å². The van der Waals surface area contributed by atoms with Crippen molar-refractivity contribution in [3.05, 3.63) is 77.4 Å². The molecule has 1 atom stereocenters. The lowest BCUT2D eigenvalue weighted by Gasteiger charge is -2.14. The lowest BCUT2D eigenvalue weighted by atomic mass is 10.1. The molecule has 1 heterocycles. The third-order valence-corrected chi connectivity index (χ3v) is 5.22. The van der Waals surface area contributed by atoms with Crippen LogP contribution in [0.1, 0.15) is 28.4 Å². The Morgan fingerprint density at radius 3 is 2.33 bits per heavy atom. The molecule has 0 aliphatic carbocycles. The number of hydrogen-bond acceptors (Lipinski definition) is 5. The molecule has 0 aliphatic rings. The molecule has 168 valence electrons. The summed E-state index contributed by atoms with van der Waals surface area (Å²) in [6, 6.07) is 18.3. The van der Waals surface area contributed by atoms with Crippen LogP contribution in [-0.4, -0.2) is 35.1 Å². The number of aromatic amines is 1. The predicted octanol–water partition coefficient (Wildman–Crippen LogP) is 5.04. The number of carbonyl (C=O) groups excluding carboxylic acids is 2. The number of H-pyrrole nitrogens is 1. The van der Waals surface area contributed by atoms with Gasteiger partial charge < -0.3 is 19.8 Å². The second kappa shape index (κ2) is 9.16. The molecule has 0 saturated heterocycles. The van der Waals surface area contributed by atoms with Crippen LogP contribution in [0.2, 0.25) is 0 Å². The SMILES string of the molecule is COc1ccc(-c2nc3ccc(C(=O)OC(C)C(=O)Nc4cc(C)cc(C)c4)cc3[nH]2)cc1. The standard InChI is InChI=1S/C26H25N3O4/c1-15-11-16(2)13-20(12-15)27-25(30)17(3)33-26(31)19-7-10-22-23(14-19)29-24(28-22)18-5-8-21(32-4)9-6-18/h5-14,17H,1-4H3,(H,27,30)(H,28,29). The van der Waals surface area contributed by atoms with Crippen LogP contribution < -0.4 is 10.1 Å². The Kier molecular flexibility index (Phi) is 6.13. The van der Waals surface area contributed by atoms with E-state index in [1.54, 1.807) is 32.2 Å². The number of hydrogen-bond donors (Lipinski definition) is 2. The number of esters is 1. The average molecular weight is 444 g/mol. The number of methoxy groups -OCH3 is 1. The monoisotopic (exact) mass is 443 g/mol. The van der Waals surface area contributed by atoms with Gasteiger partial charge in [-0.1, -0.05) is 6.07 Å². The van der Waals surface area contributed by atoms with Gasteiger partial charge in [0, 0.05) is 11.3 Å². The first kappa shape index (κ1) is 22.1. The maximum absolute atomic E-state index is 12.7. The number of fused-ring (bicyclic) bond motifs is 1. The first-order valence-electron chi connectivity index (χ1n) is 10.6. The summed E-state index contributed by atoms with van der Waals surface area (Å²) in [6.07, 6.45) is -0.953. The van der Waals surface area contributed by atoms with Crippen LogP contribution in [0, 0.1) is 13.8 Å². The van der Waals surface area contributed by atoms with Gasteiger partial charge in [-0.15, -0.1) is 0 Å². The second-order valence-corrected chi connectivity index (χ2v) is 7.96. The molecule has 3 aromatic carbocycles. The zero-order valence-electron chi connectivity index (χ0n) is 18.9. The maximum Gasteiger partial charge on any atom is 0.338 e. The van der Waals surface area contributed by atoms with Crippen LogP contribution in [0.15, 0.2) is 60.7 Å². The highest BCUT2D eigenvalue weighted by molar-refractivity contribution is 5.98. The third-order valence-electron chi connectivity index (χ3n) is 5.22. The number of carbonyl (C=O) groups is 2. The van der Waals surface area contributed by atoms with Gasteiger partial charge in [0.25, 0.3) is 5.91 Å². The fourth-order valence-corrected chi connectivity index (χ4v) is 3.60. The fraction of sp³-hybridized carbons (Fsp3) is 0.192. The molecule has 0 spiro atoms.